The third-order valence-electron chi connectivity index (χ3n) is 8.21. The van der Waals surface area contributed by atoms with Gasteiger partial charge in [0, 0.05) is 41.8 Å². The number of urea groups is 1. The van der Waals surface area contributed by atoms with Gasteiger partial charge in [-0.15, -0.1) is 0 Å². The van der Waals surface area contributed by atoms with E-state index in [1.807, 2.05) is 34.9 Å². The molecule has 6 rings (SSSR count). The van der Waals surface area contributed by atoms with Crippen molar-refractivity contribution in [3.8, 4) is 0 Å². The summed E-state index contributed by atoms with van der Waals surface area (Å²) in [5.41, 5.74) is 6.79. The minimum absolute atomic E-state index is 0.0655. The molecule has 2 fully saturated rings. The second kappa shape index (κ2) is 12.6. The first-order valence-corrected chi connectivity index (χ1v) is 15.0. The number of nitrogens with zero attached hydrogens (tertiary/aromatic N) is 5. The Morgan fingerprint density at radius 3 is 2.43 bits per heavy atom. The van der Waals surface area contributed by atoms with Crippen LogP contribution in [0.1, 0.15) is 44.6 Å². The molecule has 1 saturated heterocycles. The summed E-state index contributed by atoms with van der Waals surface area (Å²) in [6.45, 7) is 1.09. The van der Waals surface area contributed by atoms with Crippen molar-refractivity contribution >= 4 is 58.0 Å². The Balaban J connectivity index is 1.26. The van der Waals surface area contributed by atoms with E-state index < -0.39 is 11.6 Å². The van der Waals surface area contributed by atoms with Crippen molar-refractivity contribution in [2.45, 2.75) is 50.6 Å². The zero-order valence-electron chi connectivity index (χ0n) is 23.8. The van der Waals surface area contributed by atoms with Gasteiger partial charge >= 0.3 is 6.03 Å². The Morgan fingerprint density at radius 2 is 1.73 bits per heavy atom. The Labute approximate surface area is 257 Å². The van der Waals surface area contributed by atoms with E-state index in [4.69, 9.17) is 22.3 Å². The highest BCUT2D eigenvalue weighted by molar-refractivity contribution is 6.30. The van der Waals surface area contributed by atoms with Gasteiger partial charge in [-0.1, -0.05) is 29.8 Å². The summed E-state index contributed by atoms with van der Waals surface area (Å²) in [5, 5.41) is 9.03. The van der Waals surface area contributed by atoms with E-state index in [0.29, 0.717) is 55.9 Å². The number of hydrogen-bond donors (Lipinski definition) is 4. The predicted molar refractivity (Wildman–Crippen MR) is 164 cm³/mol. The predicted octanol–water partition coefficient (Wildman–Crippen LogP) is 5.83. The molecule has 0 spiro atoms. The molecule has 2 aromatic heterocycles. The van der Waals surface area contributed by atoms with Gasteiger partial charge in [-0.05, 0) is 62.8 Å². The maximum atomic E-state index is 14.8. The lowest BCUT2D eigenvalue weighted by atomic mass is 9.85. The van der Waals surface area contributed by atoms with E-state index in [-0.39, 0.29) is 46.6 Å². The number of nitrogens with one attached hydrogen (secondary N) is 3. The number of carbonyl (C=O) groups excluding carboxylic acids is 2. The second-order valence-corrected chi connectivity index (χ2v) is 11.6. The molecule has 0 unspecified atom stereocenters. The smallest absolute Gasteiger partial charge is 0.321 e. The number of nitrogens with two attached hydrogens (primary N) is 1. The van der Waals surface area contributed by atoms with Crippen LogP contribution in [0.2, 0.25) is 5.02 Å². The van der Waals surface area contributed by atoms with Crippen LogP contribution in [0.5, 0.6) is 0 Å². The third-order valence-corrected chi connectivity index (χ3v) is 8.43. The number of carbonyl (C=O) groups is 2. The van der Waals surface area contributed by atoms with E-state index in [0.717, 1.165) is 30.7 Å². The molecule has 1 aliphatic heterocycles. The van der Waals surface area contributed by atoms with Crippen molar-refractivity contribution < 1.29 is 18.4 Å². The maximum absolute atomic E-state index is 14.8. The molecule has 0 bridgehead atoms. The minimum atomic E-state index is -0.863. The standard InChI is InChI=1S/C30H32ClF2N9O2/c31-18-13-22(32)25(23(33)14-18)39-29-38-24-15-35-28(40-27(24)42(29)21-10-8-17(9-11-21)26(34)43)36-20-7-4-12-41(16-20)30(44)37-19-5-2-1-3-6-19/h1-3,5-6,13-15,17,20-21H,4,7-12,16H2,(H2,34,43)(H,37,44)(H,38,39)(H,35,36,40)/t17-,20-,21+/m1/s1. The summed E-state index contributed by atoms with van der Waals surface area (Å²) in [6.07, 6.45) is 5.51. The lowest BCUT2D eigenvalue weighted by molar-refractivity contribution is -0.122. The van der Waals surface area contributed by atoms with Crippen LogP contribution in [0, 0.1) is 17.6 Å². The first-order valence-electron chi connectivity index (χ1n) is 14.6. The van der Waals surface area contributed by atoms with Crippen LogP contribution in [0.25, 0.3) is 11.2 Å². The molecule has 14 heteroatoms. The van der Waals surface area contributed by atoms with Crippen molar-refractivity contribution in [1.82, 2.24) is 24.4 Å². The number of primary amides is 1. The Kier molecular flexibility index (Phi) is 8.47. The molecule has 2 aromatic carbocycles. The number of para-hydroxylation sites is 1. The number of benzene rings is 2. The number of anilines is 4. The van der Waals surface area contributed by atoms with E-state index in [9.17, 15) is 18.4 Å². The molecule has 11 nitrogen and oxygen atoms in total. The summed E-state index contributed by atoms with van der Waals surface area (Å²) in [7, 11) is 0. The number of rotatable bonds is 7. The molecule has 0 radical (unpaired) electrons. The van der Waals surface area contributed by atoms with Crippen molar-refractivity contribution in [3.05, 3.63) is 65.3 Å². The zero-order valence-corrected chi connectivity index (χ0v) is 24.5. The number of hydrogen-bond acceptors (Lipinski definition) is 7. The number of amides is 3. The van der Waals surface area contributed by atoms with Gasteiger partial charge in [-0.2, -0.15) is 4.98 Å². The largest absolute Gasteiger partial charge is 0.369 e. The highest BCUT2D eigenvalue weighted by Gasteiger charge is 2.30. The monoisotopic (exact) mass is 623 g/mol. The van der Waals surface area contributed by atoms with E-state index in [2.05, 4.69) is 25.9 Å². The number of likely N-dealkylation sites (tertiary alicyclic amines) is 1. The molecule has 230 valence electrons. The van der Waals surface area contributed by atoms with Gasteiger partial charge in [0.05, 0.1) is 6.20 Å². The fourth-order valence-corrected chi connectivity index (χ4v) is 6.16. The summed E-state index contributed by atoms with van der Waals surface area (Å²) in [6, 6.07) is 10.9. The van der Waals surface area contributed by atoms with E-state index >= 15 is 0 Å². The zero-order chi connectivity index (χ0) is 30.8. The highest BCUT2D eigenvalue weighted by Crippen LogP contribution is 2.38. The first-order chi connectivity index (χ1) is 21.2. The molecule has 5 N–H and O–H groups in total. The Bertz CT molecular complexity index is 1660. The van der Waals surface area contributed by atoms with Crippen molar-refractivity contribution in [2.24, 2.45) is 11.7 Å². The topological polar surface area (TPSA) is 143 Å². The lowest BCUT2D eigenvalue weighted by Gasteiger charge is -2.33. The third kappa shape index (κ3) is 6.37. The molecule has 2 aliphatic rings. The molecule has 3 heterocycles. The second-order valence-electron chi connectivity index (χ2n) is 11.2. The highest BCUT2D eigenvalue weighted by atomic mass is 35.5. The van der Waals surface area contributed by atoms with E-state index in [1.54, 1.807) is 11.1 Å². The average Bonchev–Trinajstić information content (AvgIpc) is 3.37. The van der Waals surface area contributed by atoms with Gasteiger partial charge in [0.1, 0.15) is 11.2 Å². The summed E-state index contributed by atoms with van der Waals surface area (Å²) in [5.74, 6) is -1.76. The number of aromatic nitrogens is 4. The van der Waals surface area contributed by atoms with Crippen LogP contribution in [0.4, 0.5) is 36.8 Å². The number of imidazole rings is 1. The SMILES string of the molecule is NC(=O)[C@H]1CC[C@@H](n2c(Nc3c(F)cc(Cl)cc3F)nc3cnc(N[C@@H]4CCCN(C(=O)Nc5ccccc5)C4)nc32)CC1. The van der Waals surface area contributed by atoms with Gasteiger partial charge in [0.2, 0.25) is 17.8 Å². The van der Waals surface area contributed by atoms with Gasteiger partial charge in [0.25, 0.3) is 0 Å². The number of piperidine rings is 1. The molecule has 1 atom stereocenters. The molecular weight excluding hydrogens is 592 g/mol. The molecule has 1 aliphatic carbocycles. The van der Waals surface area contributed by atoms with Crippen LogP contribution in [0.3, 0.4) is 0 Å². The van der Waals surface area contributed by atoms with Gasteiger partial charge in [0.15, 0.2) is 17.3 Å². The summed E-state index contributed by atoms with van der Waals surface area (Å²) >= 11 is 5.82. The van der Waals surface area contributed by atoms with Crippen LogP contribution < -0.4 is 21.7 Å². The first kappa shape index (κ1) is 29.5. The number of fused-ring (bicyclic) bond motifs is 1. The molecular formula is C30H32ClF2N9O2. The molecule has 44 heavy (non-hydrogen) atoms. The quantitative estimate of drug-likeness (QED) is 0.203. The van der Waals surface area contributed by atoms with Gasteiger partial charge in [-0.3, -0.25) is 9.36 Å². The van der Waals surface area contributed by atoms with Gasteiger partial charge in [-0.25, -0.2) is 23.5 Å². The van der Waals surface area contributed by atoms with Crippen molar-refractivity contribution in [3.63, 3.8) is 0 Å². The average molecular weight is 624 g/mol. The summed E-state index contributed by atoms with van der Waals surface area (Å²) < 4.78 is 31.3. The Morgan fingerprint density at radius 1 is 1.00 bits per heavy atom. The summed E-state index contributed by atoms with van der Waals surface area (Å²) in [4.78, 5) is 40.3. The normalized spacial score (nSPS) is 20.3. The fourth-order valence-electron chi connectivity index (χ4n) is 5.97. The molecule has 4 aromatic rings. The van der Waals surface area contributed by atoms with E-state index in [1.165, 1.54) is 0 Å². The Hall–Kier alpha value is -4.52. The van der Waals surface area contributed by atoms with Crippen LogP contribution >= 0.6 is 11.6 Å². The van der Waals surface area contributed by atoms with Crippen molar-refractivity contribution in [1.29, 1.82) is 0 Å². The lowest BCUT2D eigenvalue weighted by Crippen LogP contribution is -2.47. The maximum Gasteiger partial charge on any atom is 0.321 e. The van der Waals surface area contributed by atoms with Gasteiger partial charge < -0.3 is 26.6 Å². The fraction of sp³-hybridized carbons (Fsp3) is 0.367. The van der Waals surface area contributed by atoms with Crippen LogP contribution in [-0.4, -0.2) is 55.5 Å². The van der Waals surface area contributed by atoms with Crippen LogP contribution in [-0.2, 0) is 4.79 Å². The molecule has 3 amide bonds. The van der Waals surface area contributed by atoms with Crippen molar-refractivity contribution in [2.75, 3.05) is 29.0 Å². The van der Waals surface area contributed by atoms with Crippen LogP contribution in [0.15, 0.2) is 48.7 Å². The minimum Gasteiger partial charge on any atom is -0.369 e. The molecule has 1 saturated carbocycles. The number of halogens is 3.